The zero-order valence-electron chi connectivity index (χ0n) is 11.5. The van der Waals surface area contributed by atoms with E-state index in [2.05, 4.69) is 27.9 Å². The molecular formula is C15H16N4O. The van der Waals surface area contributed by atoms with Gasteiger partial charge < -0.3 is 10.8 Å². The lowest BCUT2D eigenvalue weighted by Gasteiger charge is -2.03. The molecule has 1 heterocycles. The molecule has 1 rings (SSSR count). The third-order valence-electron chi connectivity index (χ3n) is 2.35. The minimum Gasteiger partial charge on any atom is -0.395 e. The summed E-state index contributed by atoms with van der Waals surface area (Å²) in [5.74, 6) is 5.72. The third kappa shape index (κ3) is 4.56. The van der Waals surface area contributed by atoms with Crippen LogP contribution in [0, 0.1) is 23.2 Å². The molecule has 102 valence electrons. The van der Waals surface area contributed by atoms with Crippen LogP contribution < -0.4 is 5.73 Å². The molecular weight excluding hydrogens is 252 g/mol. The van der Waals surface area contributed by atoms with Gasteiger partial charge in [-0.15, -0.1) is 0 Å². The van der Waals surface area contributed by atoms with Gasteiger partial charge in [0.15, 0.2) is 0 Å². The van der Waals surface area contributed by atoms with Gasteiger partial charge in [-0.05, 0) is 37.5 Å². The van der Waals surface area contributed by atoms with E-state index < -0.39 is 0 Å². The number of anilines is 1. The maximum atomic E-state index is 8.83. The molecule has 20 heavy (non-hydrogen) atoms. The van der Waals surface area contributed by atoms with Gasteiger partial charge in [0, 0.05) is 12.0 Å². The molecule has 1 aromatic rings. The van der Waals surface area contributed by atoms with Crippen molar-refractivity contribution in [2.75, 3.05) is 12.3 Å². The van der Waals surface area contributed by atoms with E-state index in [-0.39, 0.29) is 12.6 Å². The first-order valence-corrected chi connectivity index (χ1v) is 6.10. The highest BCUT2D eigenvalue weighted by atomic mass is 16.2. The standard InChI is InChI=1S/C15H16N4O/c1-3-12(8-11(2)10-16)14-9-13(6-4-5-7-20)18-15(17)19-14/h3,8-9,20H,5,7H2,1-2H3,(H2,17,18,19)/b11-8+,12-3+. The average Bonchev–Trinajstić information content (AvgIpc) is 2.44. The second kappa shape index (κ2) is 7.73. The van der Waals surface area contributed by atoms with Gasteiger partial charge in [-0.3, -0.25) is 0 Å². The zero-order chi connectivity index (χ0) is 15.0. The molecule has 5 nitrogen and oxygen atoms in total. The van der Waals surface area contributed by atoms with E-state index in [0.29, 0.717) is 23.4 Å². The van der Waals surface area contributed by atoms with Crippen molar-refractivity contribution in [1.29, 1.82) is 5.26 Å². The second-order valence-electron chi connectivity index (χ2n) is 3.96. The fourth-order valence-electron chi connectivity index (χ4n) is 1.46. The molecule has 0 aromatic carbocycles. The van der Waals surface area contributed by atoms with Crippen molar-refractivity contribution in [3.05, 3.63) is 35.2 Å². The highest BCUT2D eigenvalue weighted by Crippen LogP contribution is 2.17. The molecule has 0 spiro atoms. The van der Waals surface area contributed by atoms with Crippen LogP contribution in [-0.2, 0) is 0 Å². The summed E-state index contributed by atoms with van der Waals surface area (Å²) in [4.78, 5) is 8.17. The number of aliphatic hydroxyl groups is 1. The monoisotopic (exact) mass is 268 g/mol. The van der Waals surface area contributed by atoms with Crippen LogP contribution in [0.5, 0.6) is 0 Å². The summed E-state index contributed by atoms with van der Waals surface area (Å²) in [5, 5.41) is 17.5. The number of rotatable bonds is 3. The van der Waals surface area contributed by atoms with E-state index in [0.717, 1.165) is 5.57 Å². The van der Waals surface area contributed by atoms with Crippen LogP contribution in [0.25, 0.3) is 5.57 Å². The Hall–Kier alpha value is -2.63. The zero-order valence-corrected chi connectivity index (χ0v) is 11.5. The Bertz CT molecular complexity index is 642. The van der Waals surface area contributed by atoms with Crippen LogP contribution in [0.1, 0.15) is 31.7 Å². The van der Waals surface area contributed by atoms with Crippen LogP contribution in [-0.4, -0.2) is 21.7 Å². The first kappa shape index (κ1) is 15.4. The second-order valence-corrected chi connectivity index (χ2v) is 3.96. The number of nitrogens with two attached hydrogens (primary N) is 1. The van der Waals surface area contributed by atoms with Gasteiger partial charge in [0.1, 0.15) is 5.69 Å². The van der Waals surface area contributed by atoms with E-state index >= 15 is 0 Å². The lowest BCUT2D eigenvalue weighted by molar-refractivity contribution is 0.305. The van der Waals surface area contributed by atoms with Gasteiger partial charge in [0.05, 0.1) is 18.4 Å². The normalized spacial score (nSPS) is 11.5. The Morgan fingerprint density at radius 2 is 2.25 bits per heavy atom. The van der Waals surface area contributed by atoms with E-state index in [9.17, 15) is 0 Å². The summed E-state index contributed by atoms with van der Waals surface area (Å²) < 4.78 is 0. The topological polar surface area (TPSA) is 95.8 Å². The Balaban J connectivity index is 3.20. The smallest absolute Gasteiger partial charge is 0.221 e. The van der Waals surface area contributed by atoms with Gasteiger partial charge in [0.25, 0.3) is 0 Å². The molecule has 0 atom stereocenters. The SMILES string of the molecule is C/C=C(\C=C(/C)C#N)c1cc(C#CCCO)nc(N)n1. The number of hydrogen-bond donors (Lipinski definition) is 2. The molecule has 5 heteroatoms. The quantitative estimate of drug-likeness (QED) is 0.494. The van der Waals surface area contributed by atoms with Crippen molar-refractivity contribution in [2.24, 2.45) is 0 Å². The number of nitrogens with zero attached hydrogens (tertiary/aromatic N) is 3. The molecule has 0 aliphatic carbocycles. The predicted octanol–water partition coefficient (Wildman–Crippen LogP) is 1.67. The van der Waals surface area contributed by atoms with Crippen molar-refractivity contribution in [3.63, 3.8) is 0 Å². The molecule has 0 aliphatic heterocycles. The van der Waals surface area contributed by atoms with Gasteiger partial charge >= 0.3 is 0 Å². The molecule has 0 radical (unpaired) electrons. The Morgan fingerprint density at radius 3 is 2.85 bits per heavy atom. The number of aliphatic hydroxyl groups excluding tert-OH is 1. The minimum absolute atomic E-state index is 0.00460. The highest BCUT2D eigenvalue weighted by Gasteiger charge is 2.04. The molecule has 0 aliphatic rings. The van der Waals surface area contributed by atoms with Crippen LogP contribution >= 0.6 is 0 Å². The molecule has 0 amide bonds. The Morgan fingerprint density at radius 1 is 1.50 bits per heavy atom. The maximum absolute atomic E-state index is 8.83. The van der Waals surface area contributed by atoms with E-state index in [1.165, 1.54) is 0 Å². The van der Waals surface area contributed by atoms with Crippen LogP contribution in [0.3, 0.4) is 0 Å². The van der Waals surface area contributed by atoms with E-state index in [1.54, 1.807) is 19.1 Å². The van der Waals surface area contributed by atoms with Crippen LogP contribution in [0.4, 0.5) is 5.95 Å². The van der Waals surface area contributed by atoms with Crippen molar-refractivity contribution in [2.45, 2.75) is 20.3 Å². The summed E-state index contributed by atoms with van der Waals surface area (Å²) in [5.41, 5.74) is 8.12. The number of hydrogen-bond acceptors (Lipinski definition) is 5. The molecule has 0 bridgehead atoms. The van der Waals surface area contributed by atoms with Crippen molar-refractivity contribution < 1.29 is 5.11 Å². The third-order valence-corrected chi connectivity index (χ3v) is 2.35. The first-order chi connectivity index (χ1) is 9.60. The summed E-state index contributed by atoms with van der Waals surface area (Å²) >= 11 is 0. The van der Waals surface area contributed by atoms with E-state index in [4.69, 9.17) is 16.1 Å². The van der Waals surface area contributed by atoms with E-state index in [1.807, 2.05) is 13.0 Å². The van der Waals surface area contributed by atoms with Gasteiger partial charge in [0.2, 0.25) is 5.95 Å². The van der Waals surface area contributed by atoms with Crippen LogP contribution in [0.2, 0.25) is 0 Å². The summed E-state index contributed by atoms with van der Waals surface area (Å²) in [6.07, 6.45) is 3.95. The molecule has 3 N–H and O–H groups in total. The number of allylic oxidation sites excluding steroid dienone is 4. The van der Waals surface area contributed by atoms with Crippen molar-refractivity contribution >= 4 is 11.5 Å². The molecule has 0 fully saturated rings. The van der Waals surface area contributed by atoms with Crippen molar-refractivity contribution in [1.82, 2.24) is 9.97 Å². The minimum atomic E-state index is 0.00460. The number of nitriles is 1. The average molecular weight is 268 g/mol. The molecule has 0 saturated heterocycles. The summed E-state index contributed by atoms with van der Waals surface area (Å²) in [7, 11) is 0. The maximum Gasteiger partial charge on any atom is 0.221 e. The molecule has 0 saturated carbocycles. The largest absolute Gasteiger partial charge is 0.395 e. The van der Waals surface area contributed by atoms with Gasteiger partial charge in [-0.1, -0.05) is 12.0 Å². The predicted molar refractivity (Wildman–Crippen MR) is 78.0 cm³/mol. The fraction of sp³-hybridized carbons (Fsp3) is 0.267. The van der Waals surface area contributed by atoms with Gasteiger partial charge in [-0.2, -0.15) is 5.26 Å². The highest BCUT2D eigenvalue weighted by molar-refractivity contribution is 5.73. The fourth-order valence-corrected chi connectivity index (χ4v) is 1.46. The van der Waals surface area contributed by atoms with Crippen molar-refractivity contribution in [3.8, 4) is 17.9 Å². The lowest BCUT2D eigenvalue weighted by Crippen LogP contribution is -2.00. The van der Waals surface area contributed by atoms with Crippen LogP contribution in [0.15, 0.2) is 23.8 Å². The molecule has 1 aromatic heterocycles. The first-order valence-electron chi connectivity index (χ1n) is 6.10. The lowest BCUT2D eigenvalue weighted by atomic mass is 10.1. The van der Waals surface area contributed by atoms with Gasteiger partial charge in [-0.25, -0.2) is 9.97 Å². The Kier molecular flexibility index (Phi) is 5.96. The number of nitrogen functional groups attached to an aromatic ring is 1. The number of aromatic nitrogens is 2. The Labute approximate surface area is 118 Å². The summed E-state index contributed by atoms with van der Waals surface area (Å²) in [6, 6.07) is 3.77. The molecule has 0 unspecified atom stereocenters. The summed E-state index contributed by atoms with van der Waals surface area (Å²) in [6.45, 7) is 3.58.